The molecule has 0 atom stereocenters. The Balaban J connectivity index is 1.98. The molecule has 18 heavy (non-hydrogen) atoms. The number of hydrogen-bond acceptors (Lipinski definition) is 4. The fraction of sp³-hybridized carbons (Fsp3) is 0.231. The normalized spacial score (nSPS) is 14.1. The van der Waals surface area contributed by atoms with E-state index in [-0.39, 0.29) is 0 Å². The number of rotatable bonds is 1. The molecule has 0 saturated carbocycles. The van der Waals surface area contributed by atoms with Gasteiger partial charge in [0.2, 0.25) is 0 Å². The van der Waals surface area contributed by atoms with Crippen molar-refractivity contribution >= 4 is 11.6 Å². The summed E-state index contributed by atoms with van der Waals surface area (Å²) in [6.07, 6.45) is 0.894. The highest BCUT2D eigenvalue weighted by Crippen LogP contribution is 2.33. The maximum Gasteiger partial charge on any atom is 0.161 e. The van der Waals surface area contributed by atoms with Gasteiger partial charge in [-0.2, -0.15) is 0 Å². The molecule has 1 aliphatic heterocycles. The van der Waals surface area contributed by atoms with E-state index >= 15 is 0 Å². The topological polar surface area (TPSA) is 44.2 Å². The van der Waals surface area contributed by atoms with Crippen LogP contribution < -0.4 is 9.47 Å². The highest BCUT2D eigenvalue weighted by atomic mass is 35.5. The number of benzene rings is 1. The molecule has 0 radical (unpaired) electrons. The largest absolute Gasteiger partial charge is 0.490 e. The molecule has 92 valence electrons. The van der Waals surface area contributed by atoms with E-state index in [1.165, 1.54) is 0 Å². The second-order valence-corrected chi connectivity index (χ2v) is 4.34. The van der Waals surface area contributed by atoms with Gasteiger partial charge in [-0.15, -0.1) is 10.2 Å². The highest BCUT2D eigenvalue weighted by Gasteiger charge is 2.11. The number of halogens is 1. The number of hydrogen-bond donors (Lipinski definition) is 0. The van der Waals surface area contributed by atoms with E-state index < -0.39 is 0 Å². The first-order chi connectivity index (χ1) is 8.83. The van der Waals surface area contributed by atoms with Gasteiger partial charge in [-0.1, -0.05) is 11.6 Å². The summed E-state index contributed by atoms with van der Waals surface area (Å²) in [5.74, 6) is 1.53. The molecule has 2 aromatic rings. The summed E-state index contributed by atoms with van der Waals surface area (Å²) in [6, 6.07) is 9.29. The van der Waals surface area contributed by atoms with Crippen LogP contribution in [-0.2, 0) is 0 Å². The maximum atomic E-state index is 5.72. The number of fused-ring (bicyclic) bond motifs is 1. The minimum absolute atomic E-state index is 0.382. The fourth-order valence-electron chi connectivity index (χ4n) is 1.79. The Morgan fingerprint density at radius 2 is 1.78 bits per heavy atom. The van der Waals surface area contributed by atoms with Crippen LogP contribution >= 0.6 is 11.6 Å². The lowest BCUT2D eigenvalue weighted by atomic mass is 10.1. The molecule has 0 saturated heterocycles. The van der Waals surface area contributed by atoms with Crippen molar-refractivity contribution in [2.24, 2.45) is 0 Å². The van der Waals surface area contributed by atoms with Crippen molar-refractivity contribution in [1.29, 1.82) is 0 Å². The van der Waals surface area contributed by atoms with Gasteiger partial charge < -0.3 is 9.47 Å². The van der Waals surface area contributed by atoms with E-state index in [1.807, 2.05) is 24.3 Å². The van der Waals surface area contributed by atoms with Crippen LogP contribution in [0, 0.1) is 0 Å². The van der Waals surface area contributed by atoms with Gasteiger partial charge in [-0.05, 0) is 30.3 Å². The molecule has 4 nitrogen and oxygen atoms in total. The van der Waals surface area contributed by atoms with E-state index in [0.717, 1.165) is 29.2 Å². The average Bonchev–Trinajstić information content (AvgIpc) is 2.64. The molecule has 1 aromatic carbocycles. The van der Waals surface area contributed by atoms with Crippen molar-refractivity contribution in [2.45, 2.75) is 6.42 Å². The Bertz CT molecular complexity index is 557. The zero-order valence-corrected chi connectivity index (χ0v) is 10.4. The second kappa shape index (κ2) is 4.82. The number of nitrogens with zero attached hydrogens (tertiary/aromatic N) is 2. The van der Waals surface area contributed by atoms with Gasteiger partial charge in [0.05, 0.1) is 18.9 Å². The lowest BCUT2D eigenvalue weighted by Gasteiger charge is -2.08. The molecular weight excluding hydrogens is 252 g/mol. The van der Waals surface area contributed by atoms with E-state index in [2.05, 4.69) is 10.2 Å². The van der Waals surface area contributed by atoms with Crippen molar-refractivity contribution < 1.29 is 9.47 Å². The van der Waals surface area contributed by atoms with E-state index in [0.29, 0.717) is 18.4 Å². The molecule has 0 spiro atoms. The lowest BCUT2D eigenvalue weighted by molar-refractivity contribution is 0.297. The molecule has 0 bridgehead atoms. The summed E-state index contributed by atoms with van der Waals surface area (Å²) in [7, 11) is 0. The SMILES string of the molecule is Clc1ccc(-c2ccc3c(c2)OCCCO3)nn1. The predicted molar refractivity (Wildman–Crippen MR) is 68.1 cm³/mol. The Kier molecular flexibility index (Phi) is 3.02. The molecule has 2 heterocycles. The highest BCUT2D eigenvalue weighted by molar-refractivity contribution is 6.29. The van der Waals surface area contributed by atoms with Crippen molar-refractivity contribution in [3.63, 3.8) is 0 Å². The predicted octanol–water partition coefficient (Wildman–Crippen LogP) is 2.96. The minimum atomic E-state index is 0.382. The monoisotopic (exact) mass is 262 g/mol. The minimum Gasteiger partial charge on any atom is -0.490 e. The van der Waals surface area contributed by atoms with Gasteiger partial charge >= 0.3 is 0 Å². The Morgan fingerprint density at radius 1 is 0.944 bits per heavy atom. The van der Waals surface area contributed by atoms with Crippen LogP contribution in [0.4, 0.5) is 0 Å². The van der Waals surface area contributed by atoms with E-state index in [1.54, 1.807) is 6.07 Å². The smallest absolute Gasteiger partial charge is 0.161 e. The van der Waals surface area contributed by atoms with Crippen molar-refractivity contribution in [1.82, 2.24) is 10.2 Å². The zero-order valence-electron chi connectivity index (χ0n) is 9.60. The number of aromatic nitrogens is 2. The van der Waals surface area contributed by atoms with Crippen molar-refractivity contribution in [3.8, 4) is 22.8 Å². The Morgan fingerprint density at radius 3 is 2.56 bits per heavy atom. The lowest BCUT2D eigenvalue weighted by Crippen LogP contribution is -1.97. The quantitative estimate of drug-likeness (QED) is 0.793. The standard InChI is InChI=1S/C13H11ClN2O2/c14-13-5-3-10(15-16-13)9-2-4-11-12(8-9)18-7-1-6-17-11/h2-5,8H,1,6-7H2. The zero-order chi connectivity index (χ0) is 12.4. The van der Waals surface area contributed by atoms with Crippen LogP contribution in [0.2, 0.25) is 5.15 Å². The van der Waals surface area contributed by atoms with Crippen molar-refractivity contribution in [3.05, 3.63) is 35.5 Å². The van der Waals surface area contributed by atoms with Gasteiger partial charge in [-0.25, -0.2) is 0 Å². The van der Waals surface area contributed by atoms with Crippen LogP contribution in [0.5, 0.6) is 11.5 Å². The molecule has 0 fully saturated rings. The molecule has 3 rings (SSSR count). The molecule has 0 N–H and O–H groups in total. The van der Waals surface area contributed by atoms with Gasteiger partial charge in [0.15, 0.2) is 16.7 Å². The first-order valence-corrected chi connectivity index (χ1v) is 6.10. The summed E-state index contributed by atoms with van der Waals surface area (Å²) >= 11 is 5.72. The number of ether oxygens (including phenoxy) is 2. The first kappa shape index (κ1) is 11.3. The average molecular weight is 263 g/mol. The van der Waals surface area contributed by atoms with E-state index in [9.17, 15) is 0 Å². The van der Waals surface area contributed by atoms with Gasteiger partial charge in [0.1, 0.15) is 0 Å². The van der Waals surface area contributed by atoms with Gasteiger partial charge in [-0.3, -0.25) is 0 Å². The third kappa shape index (κ3) is 2.24. The van der Waals surface area contributed by atoms with Crippen LogP contribution in [0.1, 0.15) is 6.42 Å². The maximum absolute atomic E-state index is 5.72. The fourth-order valence-corrected chi connectivity index (χ4v) is 1.89. The molecular formula is C13H11ClN2O2. The Labute approximate surface area is 110 Å². The molecule has 1 aliphatic rings. The molecule has 5 heteroatoms. The third-order valence-corrected chi connectivity index (χ3v) is 2.88. The van der Waals surface area contributed by atoms with Crippen LogP contribution in [0.25, 0.3) is 11.3 Å². The first-order valence-electron chi connectivity index (χ1n) is 5.72. The molecule has 0 amide bonds. The molecule has 0 unspecified atom stereocenters. The van der Waals surface area contributed by atoms with Gasteiger partial charge in [0, 0.05) is 12.0 Å². The van der Waals surface area contributed by atoms with E-state index in [4.69, 9.17) is 21.1 Å². The second-order valence-electron chi connectivity index (χ2n) is 3.95. The summed E-state index contributed by atoms with van der Waals surface area (Å²) in [5, 5.41) is 8.25. The summed E-state index contributed by atoms with van der Waals surface area (Å²) in [6.45, 7) is 1.36. The molecule has 1 aromatic heterocycles. The summed E-state index contributed by atoms with van der Waals surface area (Å²) < 4.78 is 11.2. The van der Waals surface area contributed by atoms with Gasteiger partial charge in [0.25, 0.3) is 0 Å². The molecule has 0 aliphatic carbocycles. The van der Waals surface area contributed by atoms with Crippen LogP contribution in [0.15, 0.2) is 30.3 Å². The van der Waals surface area contributed by atoms with Crippen LogP contribution in [0.3, 0.4) is 0 Å². The van der Waals surface area contributed by atoms with Crippen molar-refractivity contribution in [2.75, 3.05) is 13.2 Å². The summed E-state index contributed by atoms with van der Waals surface area (Å²) in [4.78, 5) is 0. The Hall–Kier alpha value is -1.81. The summed E-state index contributed by atoms with van der Waals surface area (Å²) in [5.41, 5.74) is 1.69. The third-order valence-electron chi connectivity index (χ3n) is 2.68. The van der Waals surface area contributed by atoms with Crippen LogP contribution in [-0.4, -0.2) is 23.4 Å².